The van der Waals surface area contributed by atoms with Crippen molar-refractivity contribution in [3.05, 3.63) is 77.9 Å². The van der Waals surface area contributed by atoms with E-state index in [2.05, 4.69) is 18.2 Å². The zero-order valence-electron chi connectivity index (χ0n) is 13.2. The summed E-state index contributed by atoms with van der Waals surface area (Å²) in [6.07, 6.45) is 1.91. The van der Waals surface area contributed by atoms with Gasteiger partial charge < -0.3 is 4.18 Å². The molecule has 0 aromatic heterocycles. The van der Waals surface area contributed by atoms with E-state index in [9.17, 15) is 8.42 Å². The second kappa shape index (κ2) is 5.49. The van der Waals surface area contributed by atoms with Gasteiger partial charge in [-0.1, -0.05) is 60.7 Å². The largest absolute Gasteiger partial charge is 0.382 e. The minimum absolute atomic E-state index is 0.365. The van der Waals surface area contributed by atoms with Gasteiger partial charge in [0.25, 0.3) is 0 Å². The van der Waals surface area contributed by atoms with E-state index in [1.807, 2.05) is 36.4 Å². The molecule has 0 saturated heterocycles. The molecular formula is C20H16O3S. The Balaban J connectivity index is 1.89. The molecule has 0 bridgehead atoms. The van der Waals surface area contributed by atoms with Gasteiger partial charge in [-0.25, -0.2) is 0 Å². The van der Waals surface area contributed by atoms with Crippen LogP contribution in [-0.4, -0.2) is 14.7 Å². The summed E-state index contributed by atoms with van der Waals surface area (Å²) in [4.78, 5) is 0. The standard InChI is InChI=1S/C20H16O3S/c1-24(21,22)23-20-12-5-4-9-18(20)17-11-6-10-16-15-8-3-2-7-14(15)13-19(16)17/h2-12H,13H2,1H3. The molecule has 0 unspecified atom stereocenters. The average molecular weight is 336 g/mol. The van der Waals surface area contributed by atoms with E-state index >= 15 is 0 Å². The third-order valence-electron chi connectivity index (χ3n) is 4.27. The summed E-state index contributed by atoms with van der Waals surface area (Å²) >= 11 is 0. The molecule has 0 aliphatic heterocycles. The van der Waals surface area contributed by atoms with Gasteiger partial charge in [0, 0.05) is 5.56 Å². The van der Waals surface area contributed by atoms with E-state index < -0.39 is 10.1 Å². The van der Waals surface area contributed by atoms with E-state index in [1.54, 1.807) is 12.1 Å². The van der Waals surface area contributed by atoms with E-state index in [-0.39, 0.29) is 0 Å². The normalized spacial score (nSPS) is 12.5. The number of para-hydroxylation sites is 1. The molecule has 4 rings (SSSR count). The molecule has 1 aliphatic rings. The van der Waals surface area contributed by atoms with Crippen LogP contribution in [0.1, 0.15) is 11.1 Å². The Labute approximate surface area is 141 Å². The highest BCUT2D eigenvalue weighted by Crippen LogP contribution is 2.43. The van der Waals surface area contributed by atoms with Crippen molar-refractivity contribution in [2.75, 3.05) is 6.26 Å². The third kappa shape index (κ3) is 2.59. The number of hydrogen-bond acceptors (Lipinski definition) is 3. The van der Waals surface area contributed by atoms with Gasteiger partial charge in [-0.3, -0.25) is 0 Å². The van der Waals surface area contributed by atoms with Gasteiger partial charge in [-0.15, -0.1) is 0 Å². The molecule has 0 fully saturated rings. The van der Waals surface area contributed by atoms with E-state index in [4.69, 9.17) is 4.18 Å². The van der Waals surface area contributed by atoms with Gasteiger partial charge in [-0.05, 0) is 40.3 Å². The van der Waals surface area contributed by atoms with Crippen molar-refractivity contribution in [3.63, 3.8) is 0 Å². The minimum Gasteiger partial charge on any atom is -0.382 e. The average Bonchev–Trinajstić information content (AvgIpc) is 2.93. The second-order valence-corrected chi connectivity index (χ2v) is 7.52. The summed E-state index contributed by atoms with van der Waals surface area (Å²) in [6.45, 7) is 0. The van der Waals surface area contributed by atoms with Gasteiger partial charge in [0.1, 0.15) is 5.75 Å². The van der Waals surface area contributed by atoms with Crippen LogP contribution in [0.15, 0.2) is 66.7 Å². The lowest BCUT2D eigenvalue weighted by Gasteiger charge is -2.13. The van der Waals surface area contributed by atoms with Crippen molar-refractivity contribution in [1.29, 1.82) is 0 Å². The number of benzene rings is 3. The number of hydrogen-bond donors (Lipinski definition) is 0. The van der Waals surface area contributed by atoms with Crippen molar-refractivity contribution < 1.29 is 12.6 Å². The molecule has 0 heterocycles. The number of rotatable bonds is 3. The van der Waals surface area contributed by atoms with Gasteiger partial charge in [-0.2, -0.15) is 8.42 Å². The quantitative estimate of drug-likeness (QED) is 0.525. The van der Waals surface area contributed by atoms with Crippen LogP contribution < -0.4 is 4.18 Å². The molecule has 0 N–H and O–H groups in total. The van der Waals surface area contributed by atoms with Crippen LogP contribution in [0.5, 0.6) is 5.75 Å². The van der Waals surface area contributed by atoms with Gasteiger partial charge in [0.15, 0.2) is 0 Å². The zero-order valence-corrected chi connectivity index (χ0v) is 14.0. The molecule has 0 amide bonds. The van der Waals surface area contributed by atoms with E-state index in [1.165, 1.54) is 22.3 Å². The summed E-state index contributed by atoms with van der Waals surface area (Å²) in [5.74, 6) is 0.365. The molecule has 0 atom stereocenters. The SMILES string of the molecule is CS(=O)(=O)Oc1ccccc1-c1cccc2c1Cc1ccccc1-2. The molecule has 1 aliphatic carbocycles. The van der Waals surface area contributed by atoms with Gasteiger partial charge in [0.05, 0.1) is 6.26 Å². The Morgan fingerprint density at radius 3 is 2.08 bits per heavy atom. The monoisotopic (exact) mass is 336 g/mol. The molecule has 0 saturated carbocycles. The van der Waals surface area contributed by atoms with Crippen molar-refractivity contribution in [3.8, 4) is 28.0 Å². The maximum atomic E-state index is 11.6. The highest BCUT2D eigenvalue weighted by atomic mass is 32.2. The molecule has 4 heteroatoms. The molecule has 24 heavy (non-hydrogen) atoms. The molecular weight excluding hydrogens is 320 g/mol. The van der Waals surface area contributed by atoms with Crippen molar-refractivity contribution >= 4 is 10.1 Å². The van der Waals surface area contributed by atoms with Crippen molar-refractivity contribution in [2.45, 2.75) is 6.42 Å². The Morgan fingerprint density at radius 2 is 1.33 bits per heavy atom. The van der Waals surface area contributed by atoms with E-state index in [0.29, 0.717) is 5.75 Å². The topological polar surface area (TPSA) is 43.4 Å². The summed E-state index contributed by atoms with van der Waals surface area (Å²) in [5.41, 5.74) is 6.77. The fourth-order valence-electron chi connectivity index (χ4n) is 3.33. The van der Waals surface area contributed by atoms with Gasteiger partial charge in [0.2, 0.25) is 0 Å². The first-order valence-electron chi connectivity index (χ1n) is 7.72. The molecule has 3 aromatic carbocycles. The second-order valence-electron chi connectivity index (χ2n) is 5.95. The van der Waals surface area contributed by atoms with Crippen molar-refractivity contribution in [2.24, 2.45) is 0 Å². The van der Waals surface area contributed by atoms with Crippen LogP contribution in [0.4, 0.5) is 0 Å². The third-order valence-corrected chi connectivity index (χ3v) is 4.75. The predicted molar refractivity (Wildman–Crippen MR) is 95.6 cm³/mol. The molecule has 0 spiro atoms. The highest BCUT2D eigenvalue weighted by Gasteiger charge is 2.22. The maximum Gasteiger partial charge on any atom is 0.306 e. The molecule has 0 radical (unpaired) electrons. The summed E-state index contributed by atoms with van der Waals surface area (Å²) in [5, 5.41) is 0. The first-order valence-corrected chi connectivity index (χ1v) is 9.53. The minimum atomic E-state index is -3.58. The lowest BCUT2D eigenvalue weighted by Crippen LogP contribution is -2.06. The van der Waals surface area contributed by atoms with Crippen LogP contribution >= 0.6 is 0 Å². The van der Waals surface area contributed by atoms with Crippen LogP contribution in [0.3, 0.4) is 0 Å². The summed E-state index contributed by atoms with van der Waals surface area (Å²) in [6, 6.07) is 21.8. The zero-order chi connectivity index (χ0) is 16.7. The van der Waals surface area contributed by atoms with Crippen molar-refractivity contribution in [1.82, 2.24) is 0 Å². The van der Waals surface area contributed by atoms with Crippen LogP contribution in [0.25, 0.3) is 22.3 Å². The van der Waals surface area contributed by atoms with Crippen LogP contribution in [0, 0.1) is 0 Å². The first kappa shape index (κ1) is 15.0. The fourth-order valence-corrected chi connectivity index (χ4v) is 3.81. The summed E-state index contributed by atoms with van der Waals surface area (Å²) < 4.78 is 28.3. The smallest absolute Gasteiger partial charge is 0.306 e. The Kier molecular flexibility index (Phi) is 3.43. The fraction of sp³-hybridized carbons (Fsp3) is 0.100. The molecule has 120 valence electrons. The lowest BCUT2D eigenvalue weighted by atomic mass is 9.95. The molecule has 3 nitrogen and oxygen atoms in total. The number of fused-ring (bicyclic) bond motifs is 3. The highest BCUT2D eigenvalue weighted by molar-refractivity contribution is 7.86. The summed E-state index contributed by atoms with van der Waals surface area (Å²) in [7, 11) is -3.58. The van der Waals surface area contributed by atoms with Crippen LogP contribution in [0.2, 0.25) is 0 Å². The Hall–Kier alpha value is -2.59. The Morgan fingerprint density at radius 1 is 0.750 bits per heavy atom. The molecule has 3 aromatic rings. The first-order chi connectivity index (χ1) is 11.5. The predicted octanol–water partition coefficient (Wildman–Crippen LogP) is 4.26. The maximum absolute atomic E-state index is 11.6. The Bertz CT molecular complexity index is 1040. The van der Waals surface area contributed by atoms with Gasteiger partial charge >= 0.3 is 10.1 Å². The van der Waals surface area contributed by atoms with Crippen LogP contribution in [-0.2, 0) is 16.5 Å². The lowest BCUT2D eigenvalue weighted by molar-refractivity contribution is 0.494. The van der Waals surface area contributed by atoms with E-state index in [0.717, 1.165) is 23.8 Å².